The lowest BCUT2D eigenvalue weighted by molar-refractivity contribution is -0.148. The molecule has 0 aliphatic heterocycles. The number of oxazole rings is 1. The molecule has 0 aliphatic carbocycles. The Balaban J connectivity index is 1.86. The molecule has 0 spiro atoms. The highest BCUT2D eigenvalue weighted by atomic mass is 32.1. The largest absolute Gasteiger partial charge is 0.461 e. The van der Waals surface area contributed by atoms with Crippen molar-refractivity contribution in [1.82, 2.24) is 20.2 Å². The Morgan fingerprint density at radius 3 is 2.42 bits per heavy atom. The first-order valence-corrected chi connectivity index (χ1v) is 16.2. The number of thiazole rings is 1. The van der Waals surface area contributed by atoms with Crippen LogP contribution in [0.3, 0.4) is 0 Å². The number of rotatable bonds is 16. The van der Waals surface area contributed by atoms with Crippen molar-refractivity contribution in [1.29, 1.82) is 0 Å². The third-order valence-corrected chi connectivity index (χ3v) is 8.58. The lowest BCUT2D eigenvalue weighted by Gasteiger charge is -2.34. The summed E-state index contributed by atoms with van der Waals surface area (Å²) in [5, 5.41) is 4.97. The van der Waals surface area contributed by atoms with E-state index < -0.39 is 30.0 Å². The summed E-state index contributed by atoms with van der Waals surface area (Å²) in [6, 6.07) is 8.46. The molecular formula is C33H44N4O7S. The van der Waals surface area contributed by atoms with Crippen molar-refractivity contribution in [2.45, 2.75) is 85.4 Å². The van der Waals surface area contributed by atoms with Crippen LogP contribution in [0.25, 0.3) is 0 Å². The van der Waals surface area contributed by atoms with Gasteiger partial charge >= 0.3 is 11.9 Å². The van der Waals surface area contributed by atoms with Crippen LogP contribution in [0.2, 0.25) is 0 Å². The van der Waals surface area contributed by atoms with E-state index in [4.69, 9.17) is 13.9 Å². The van der Waals surface area contributed by atoms with Crippen LogP contribution in [-0.2, 0) is 25.5 Å². The Morgan fingerprint density at radius 2 is 1.80 bits per heavy atom. The molecule has 4 atom stereocenters. The van der Waals surface area contributed by atoms with Gasteiger partial charge in [-0.05, 0) is 24.3 Å². The first kappa shape index (κ1) is 35.4. The van der Waals surface area contributed by atoms with Gasteiger partial charge in [0.05, 0.1) is 12.6 Å². The summed E-state index contributed by atoms with van der Waals surface area (Å²) < 4.78 is 16.4. The predicted molar refractivity (Wildman–Crippen MR) is 170 cm³/mol. The zero-order chi connectivity index (χ0) is 33.1. The number of aromatic nitrogens is 2. The summed E-state index contributed by atoms with van der Waals surface area (Å²) >= 11 is 1.20. The first-order valence-electron chi connectivity index (χ1n) is 15.3. The molecule has 0 aliphatic rings. The molecule has 2 aromatic heterocycles. The average Bonchev–Trinajstić information content (AvgIpc) is 3.70. The third-order valence-electron chi connectivity index (χ3n) is 7.64. The van der Waals surface area contributed by atoms with Crippen molar-refractivity contribution in [3.63, 3.8) is 0 Å². The van der Waals surface area contributed by atoms with E-state index in [2.05, 4.69) is 22.2 Å². The Kier molecular flexibility index (Phi) is 13.3. The molecule has 0 fully saturated rings. The fourth-order valence-electron chi connectivity index (χ4n) is 4.95. The lowest BCUT2D eigenvalue weighted by atomic mass is 9.95. The van der Waals surface area contributed by atoms with Crippen LogP contribution in [0.15, 0.2) is 46.5 Å². The zero-order valence-electron chi connectivity index (χ0n) is 27.1. The van der Waals surface area contributed by atoms with Crippen LogP contribution in [0.1, 0.15) is 110 Å². The number of ether oxygens (including phenoxy) is 2. The second kappa shape index (κ2) is 16.9. The summed E-state index contributed by atoms with van der Waals surface area (Å²) in [6.45, 7) is 11.3. The molecule has 244 valence electrons. The maximum atomic E-state index is 13.6. The van der Waals surface area contributed by atoms with Gasteiger partial charge in [0.25, 0.3) is 5.91 Å². The minimum Gasteiger partial charge on any atom is -0.461 e. The number of benzene rings is 1. The van der Waals surface area contributed by atoms with Crippen molar-refractivity contribution in [2.75, 3.05) is 13.7 Å². The molecular weight excluding hydrogens is 596 g/mol. The van der Waals surface area contributed by atoms with Crippen LogP contribution in [-0.4, -0.2) is 58.3 Å². The summed E-state index contributed by atoms with van der Waals surface area (Å²) in [5.41, 5.74) is 0.998. The monoisotopic (exact) mass is 640 g/mol. The van der Waals surface area contributed by atoms with Gasteiger partial charge < -0.3 is 24.1 Å². The number of carbonyl (C=O) groups excluding carboxylic acids is 4. The van der Waals surface area contributed by atoms with Crippen LogP contribution >= 0.6 is 11.3 Å². The Morgan fingerprint density at radius 1 is 1.09 bits per heavy atom. The highest BCUT2D eigenvalue weighted by Gasteiger charge is 2.32. The van der Waals surface area contributed by atoms with Gasteiger partial charge in [0.15, 0.2) is 24.0 Å². The summed E-state index contributed by atoms with van der Waals surface area (Å²) in [5.74, 6) is -1.11. The lowest BCUT2D eigenvalue weighted by Crippen LogP contribution is -2.42. The predicted octanol–water partition coefficient (Wildman–Crippen LogP) is 5.94. The van der Waals surface area contributed by atoms with E-state index in [0.29, 0.717) is 24.3 Å². The molecule has 3 aromatic rings. The molecule has 0 saturated carbocycles. The molecule has 0 saturated heterocycles. The van der Waals surface area contributed by atoms with E-state index in [1.165, 1.54) is 18.3 Å². The smallest absolute Gasteiger partial charge is 0.360 e. The van der Waals surface area contributed by atoms with E-state index in [-0.39, 0.29) is 47.5 Å². The summed E-state index contributed by atoms with van der Waals surface area (Å²) in [7, 11) is 1.78. The van der Waals surface area contributed by atoms with E-state index in [0.717, 1.165) is 18.4 Å². The number of hydrogen-bond donors (Lipinski definition) is 1. The number of amides is 2. The topological polar surface area (TPSA) is 141 Å². The van der Waals surface area contributed by atoms with Crippen LogP contribution in [0.4, 0.5) is 0 Å². The second-order valence-electron chi connectivity index (χ2n) is 11.4. The van der Waals surface area contributed by atoms with E-state index >= 15 is 0 Å². The Hall–Kier alpha value is -4.06. The zero-order valence-corrected chi connectivity index (χ0v) is 27.9. The number of esters is 2. The molecule has 0 unspecified atom stereocenters. The highest BCUT2D eigenvalue weighted by molar-refractivity contribution is 7.09. The molecule has 1 N–H and O–H groups in total. The van der Waals surface area contributed by atoms with E-state index in [9.17, 15) is 19.2 Å². The van der Waals surface area contributed by atoms with Crippen molar-refractivity contribution in [2.24, 2.45) is 11.8 Å². The van der Waals surface area contributed by atoms with Crippen molar-refractivity contribution < 1.29 is 33.1 Å². The van der Waals surface area contributed by atoms with Crippen LogP contribution in [0, 0.1) is 11.8 Å². The molecule has 3 rings (SSSR count). The Bertz CT molecular complexity index is 1420. The number of nitrogens with zero attached hydrogens (tertiary/aromatic N) is 3. The highest BCUT2D eigenvalue weighted by Crippen LogP contribution is 2.31. The van der Waals surface area contributed by atoms with Crippen molar-refractivity contribution >= 4 is 35.1 Å². The SMILES string of the molecule is CCOC(=O)c1ncoc1[C@H](Cc1ccccc1)NC(=O)c1csc([C@@H](C[C@H](C(C)C)N(C)C(=O)C[C@@H](C)CC)OC(C)=O)n1. The molecule has 2 heterocycles. The van der Waals surface area contributed by atoms with Gasteiger partial charge in [0.1, 0.15) is 10.7 Å². The second-order valence-corrected chi connectivity index (χ2v) is 12.3. The minimum atomic E-state index is -0.759. The molecule has 12 heteroatoms. The fourth-order valence-corrected chi connectivity index (χ4v) is 5.79. The van der Waals surface area contributed by atoms with Gasteiger partial charge in [-0.3, -0.25) is 14.4 Å². The normalized spacial score (nSPS) is 13.9. The van der Waals surface area contributed by atoms with Gasteiger partial charge in [0, 0.05) is 44.7 Å². The molecule has 0 bridgehead atoms. The average molecular weight is 641 g/mol. The van der Waals surface area contributed by atoms with Gasteiger partial charge in [-0.15, -0.1) is 11.3 Å². The molecule has 11 nitrogen and oxygen atoms in total. The third kappa shape index (κ3) is 9.97. The summed E-state index contributed by atoms with van der Waals surface area (Å²) in [4.78, 5) is 61.6. The van der Waals surface area contributed by atoms with Gasteiger partial charge in [-0.25, -0.2) is 14.8 Å². The van der Waals surface area contributed by atoms with Gasteiger partial charge in [-0.2, -0.15) is 0 Å². The van der Waals surface area contributed by atoms with Crippen LogP contribution in [0.5, 0.6) is 0 Å². The summed E-state index contributed by atoms with van der Waals surface area (Å²) in [6.07, 6.45) is 2.36. The number of nitrogens with one attached hydrogen (secondary N) is 1. The molecule has 2 amide bonds. The molecule has 1 aromatic carbocycles. The van der Waals surface area contributed by atoms with Crippen molar-refractivity contribution in [3.05, 3.63) is 69.8 Å². The first-order chi connectivity index (χ1) is 21.4. The fraction of sp³-hybridized carbons (Fsp3) is 0.515. The van der Waals surface area contributed by atoms with E-state index in [1.807, 2.05) is 51.1 Å². The van der Waals surface area contributed by atoms with Crippen molar-refractivity contribution in [3.8, 4) is 0 Å². The van der Waals surface area contributed by atoms with Gasteiger partial charge in [-0.1, -0.05) is 64.4 Å². The molecule has 45 heavy (non-hydrogen) atoms. The van der Waals surface area contributed by atoms with Gasteiger partial charge in [0.2, 0.25) is 5.91 Å². The van der Waals surface area contributed by atoms with E-state index in [1.54, 1.807) is 24.3 Å². The minimum absolute atomic E-state index is 0.0151. The maximum Gasteiger partial charge on any atom is 0.360 e. The number of carbonyl (C=O) groups is 4. The maximum absolute atomic E-state index is 13.6. The standard InChI is InChI=1S/C33H44N4O7S/c1-8-21(5)15-28(39)37(7)26(20(3)4)17-27(44-22(6)38)32-36-25(18-45-32)31(40)35-24(16-23-13-11-10-12-14-23)30-29(34-19-43-30)33(41)42-9-2/h10-14,18-21,24,26-27H,8-9,15-17H2,1-7H3,(H,35,40)/t21-,24-,26+,27+/m0/s1. The quantitative estimate of drug-likeness (QED) is 0.188. The molecule has 0 radical (unpaired) electrons. The Labute approximate surface area is 268 Å². The number of hydrogen-bond acceptors (Lipinski definition) is 10. The van der Waals surface area contributed by atoms with Crippen LogP contribution < -0.4 is 5.32 Å².